The molecule has 29 heavy (non-hydrogen) atoms. The Hall–Kier alpha value is -2.85. The Morgan fingerprint density at radius 1 is 1.03 bits per heavy atom. The normalized spacial score (nSPS) is 14.4. The van der Waals surface area contributed by atoms with Gasteiger partial charge < -0.3 is 9.64 Å². The third-order valence-electron chi connectivity index (χ3n) is 5.06. The predicted molar refractivity (Wildman–Crippen MR) is 122 cm³/mol. The minimum Gasteiger partial charge on any atom is -0.488 e. The van der Waals surface area contributed by atoms with Crippen molar-refractivity contribution in [3.8, 4) is 5.75 Å². The van der Waals surface area contributed by atoms with Crippen molar-refractivity contribution >= 4 is 39.2 Å². The summed E-state index contributed by atoms with van der Waals surface area (Å²) in [7, 11) is 0. The van der Waals surface area contributed by atoms with E-state index in [0.717, 1.165) is 38.2 Å². The second kappa shape index (κ2) is 8.26. The molecule has 0 unspecified atom stereocenters. The van der Waals surface area contributed by atoms with Gasteiger partial charge in [0.15, 0.2) is 0 Å². The molecule has 0 saturated heterocycles. The van der Waals surface area contributed by atoms with Crippen molar-refractivity contribution in [1.82, 2.24) is 0 Å². The van der Waals surface area contributed by atoms with Crippen LogP contribution in [0, 0.1) is 6.92 Å². The molecule has 3 nitrogen and oxygen atoms in total. The van der Waals surface area contributed by atoms with Gasteiger partial charge in [0.2, 0.25) is 0 Å². The second-order valence-electron chi connectivity index (χ2n) is 7.09. The standard InChI is InChI=1S/C25H22BrNO2/c1-3-27-23-7-5-4-6-20(23)21(25(27)28)14-19-12-13-24(22(26)15-19)29-16-18-10-8-17(2)9-11-18/h4-15H,3,16H2,1-2H3/b21-14-. The van der Waals surface area contributed by atoms with Crippen molar-refractivity contribution < 1.29 is 9.53 Å². The maximum absolute atomic E-state index is 12.9. The van der Waals surface area contributed by atoms with Crippen LogP contribution in [0.15, 0.2) is 71.2 Å². The predicted octanol–water partition coefficient (Wildman–Crippen LogP) is 6.24. The van der Waals surface area contributed by atoms with Crippen LogP contribution in [0.25, 0.3) is 11.6 Å². The molecule has 0 bridgehead atoms. The smallest absolute Gasteiger partial charge is 0.258 e. The molecule has 3 aromatic carbocycles. The molecular weight excluding hydrogens is 426 g/mol. The molecule has 1 heterocycles. The van der Waals surface area contributed by atoms with Crippen molar-refractivity contribution in [3.63, 3.8) is 0 Å². The number of amides is 1. The monoisotopic (exact) mass is 447 g/mol. The third kappa shape index (κ3) is 3.99. The van der Waals surface area contributed by atoms with E-state index in [0.29, 0.717) is 13.2 Å². The Balaban J connectivity index is 1.56. The van der Waals surface area contributed by atoms with Crippen molar-refractivity contribution in [2.24, 2.45) is 0 Å². The van der Waals surface area contributed by atoms with E-state index in [-0.39, 0.29) is 5.91 Å². The van der Waals surface area contributed by atoms with Gasteiger partial charge in [-0.1, -0.05) is 54.1 Å². The summed E-state index contributed by atoms with van der Waals surface area (Å²) < 4.78 is 6.82. The highest BCUT2D eigenvalue weighted by Gasteiger charge is 2.30. The number of hydrogen-bond acceptors (Lipinski definition) is 2. The van der Waals surface area contributed by atoms with Gasteiger partial charge in [-0.3, -0.25) is 4.79 Å². The summed E-state index contributed by atoms with van der Waals surface area (Å²) in [6, 6.07) is 22.2. The Morgan fingerprint density at radius 2 is 1.79 bits per heavy atom. The van der Waals surface area contributed by atoms with Crippen LogP contribution in [0.3, 0.4) is 0 Å². The maximum atomic E-state index is 12.9. The number of likely N-dealkylation sites (N-methyl/N-ethyl adjacent to an activating group) is 1. The SMILES string of the molecule is CCN1C(=O)/C(=C\c2ccc(OCc3ccc(C)cc3)c(Br)c2)c2ccccc21. The summed E-state index contributed by atoms with van der Waals surface area (Å²) in [6.45, 7) is 5.23. The van der Waals surface area contributed by atoms with Crippen molar-refractivity contribution in [1.29, 1.82) is 0 Å². The molecule has 0 atom stereocenters. The fourth-order valence-electron chi connectivity index (χ4n) is 3.50. The summed E-state index contributed by atoms with van der Waals surface area (Å²) in [5, 5.41) is 0. The van der Waals surface area contributed by atoms with Crippen LogP contribution in [0.2, 0.25) is 0 Å². The van der Waals surface area contributed by atoms with E-state index in [1.807, 2.05) is 60.4 Å². The van der Waals surface area contributed by atoms with Gasteiger partial charge in [-0.2, -0.15) is 0 Å². The van der Waals surface area contributed by atoms with E-state index in [1.165, 1.54) is 5.56 Å². The van der Waals surface area contributed by atoms with Gasteiger partial charge in [-0.05, 0) is 65.2 Å². The highest BCUT2D eigenvalue weighted by Crippen LogP contribution is 2.38. The first kappa shape index (κ1) is 19.5. The van der Waals surface area contributed by atoms with Crippen LogP contribution in [0.4, 0.5) is 5.69 Å². The Morgan fingerprint density at radius 3 is 2.52 bits per heavy atom. The topological polar surface area (TPSA) is 29.5 Å². The average Bonchev–Trinajstić information content (AvgIpc) is 2.99. The zero-order valence-electron chi connectivity index (χ0n) is 16.5. The lowest BCUT2D eigenvalue weighted by Gasteiger charge is -2.13. The number of aryl methyl sites for hydroxylation is 1. The molecule has 0 aromatic heterocycles. The van der Waals surface area contributed by atoms with E-state index in [9.17, 15) is 4.79 Å². The number of fused-ring (bicyclic) bond motifs is 1. The summed E-state index contributed by atoms with van der Waals surface area (Å²) in [6.07, 6.45) is 1.95. The zero-order chi connectivity index (χ0) is 20.4. The van der Waals surface area contributed by atoms with E-state index in [2.05, 4.69) is 47.1 Å². The number of para-hydroxylation sites is 1. The van der Waals surface area contributed by atoms with Gasteiger partial charge in [0, 0.05) is 17.7 Å². The van der Waals surface area contributed by atoms with Crippen LogP contribution in [0.1, 0.15) is 29.2 Å². The first-order valence-electron chi connectivity index (χ1n) is 9.67. The van der Waals surface area contributed by atoms with Gasteiger partial charge in [0.05, 0.1) is 10.2 Å². The largest absolute Gasteiger partial charge is 0.488 e. The summed E-state index contributed by atoms with van der Waals surface area (Å²) in [5.74, 6) is 0.825. The molecule has 0 radical (unpaired) electrons. The highest BCUT2D eigenvalue weighted by atomic mass is 79.9. The average molecular weight is 448 g/mol. The van der Waals surface area contributed by atoms with E-state index in [1.54, 1.807) is 0 Å². The molecular formula is C25H22BrNO2. The first-order chi connectivity index (χ1) is 14.1. The fourth-order valence-corrected chi connectivity index (χ4v) is 4.01. The zero-order valence-corrected chi connectivity index (χ0v) is 18.1. The fraction of sp³-hybridized carbons (Fsp3) is 0.160. The van der Waals surface area contributed by atoms with Crippen LogP contribution < -0.4 is 9.64 Å². The van der Waals surface area contributed by atoms with Crippen LogP contribution in [0.5, 0.6) is 5.75 Å². The van der Waals surface area contributed by atoms with Crippen LogP contribution in [-0.2, 0) is 11.4 Å². The summed E-state index contributed by atoms with van der Waals surface area (Å²) in [5.41, 5.74) is 6.00. The molecule has 4 heteroatoms. The van der Waals surface area contributed by atoms with Gasteiger partial charge in [-0.25, -0.2) is 0 Å². The van der Waals surface area contributed by atoms with E-state index < -0.39 is 0 Å². The number of ether oxygens (including phenoxy) is 1. The molecule has 1 amide bonds. The molecule has 0 spiro atoms. The van der Waals surface area contributed by atoms with E-state index in [4.69, 9.17) is 4.74 Å². The lowest BCUT2D eigenvalue weighted by atomic mass is 10.0. The Labute approximate surface area is 179 Å². The number of halogens is 1. The number of hydrogen-bond donors (Lipinski definition) is 0. The summed E-state index contributed by atoms with van der Waals surface area (Å²) in [4.78, 5) is 14.7. The highest BCUT2D eigenvalue weighted by molar-refractivity contribution is 9.10. The molecule has 0 N–H and O–H groups in total. The van der Waals surface area contributed by atoms with Crippen LogP contribution >= 0.6 is 15.9 Å². The molecule has 0 fully saturated rings. The maximum Gasteiger partial charge on any atom is 0.258 e. The molecule has 146 valence electrons. The second-order valence-corrected chi connectivity index (χ2v) is 7.94. The Bertz CT molecular complexity index is 1090. The van der Waals surface area contributed by atoms with Gasteiger partial charge in [0.1, 0.15) is 12.4 Å². The van der Waals surface area contributed by atoms with Gasteiger partial charge in [0.25, 0.3) is 5.91 Å². The molecule has 4 rings (SSSR count). The lowest BCUT2D eigenvalue weighted by molar-refractivity contribution is -0.112. The summed E-state index contributed by atoms with van der Waals surface area (Å²) >= 11 is 3.60. The van der Waals surface area contributed by atoms with E-state index >= 15 is 0 Å². The number of anilines is 1. The number of benzene rings is 3. The third-order valence-corrected chi connectivity index (χ3v) is 5.68. The Kier molecular flexibility index (Phi) is 5.54. The van der Waals surface area contributed by atoms with Crippen LogP contribution in [-0.4, -0.2) is 12.5 Å². The molecule has 0 saturated carbocycles. The number of carbonyl (C=O) groups is 1. The minimum absolute atomic E-state index is 0.0459. The molecule has 0 aliphatic carbocycles. The molecule has 3 aromatic rings. The molecule has 1 aliphatic rings. The number of carbonyl (C=O) groups excluding carboxylic acids is 1. The van der Waals surface area contributed by atoms with Crippen molar-refractivity contribution in [3.05, 3.63) is 93.5 Å². The number of rotatable bonds is 5. The number of nitrogens with zero attached hydrogens (tertiary/aromatic N) is 1. The minimum atomic E-state index is 0.0459. The van der Waals surface area contributed by atoms with Gasteiger partial charge in [-0.15, -0.1) is 0 Å². The van der Waals surface area contributed by atoms with Gasteiger partial charge >= 0.3 is 0 Å². The van der Waals surface area contributed by atoms with Crippen molar-refractivity contribution in [2.45, 2.75) is 20.5 Å². The lowest BCUT2D eigenvalue weighted by Crippen LogP contribution is -2.25. The quantitative estimate of drug-likeness (QED) is 0.432. The molecule has 1 aliphatic heterocycles. The first-order valence-corrected chi connectivity index (χ1v) is 10.5. The van der Waals surface area contributed by atoms with Crippen molar-refractivity contribution in [2.75, 3.05) is 11.4 Å².